The Morgan fingerprint density at radius 3 is 2.00 bits per heavy atom. The minimum Gasteiger partial charge on any atom is -0.492 e. The lowest BCUT2D eigenvalue weighted by Crippen LogP contribution is -2.51. The van der Waals surface area contributed by atoms with E-state index in [1.54, 1.807) is 45.9 Å². The first kappa shape index (κ1) is 37.4. The highest BCUT2D eigenvalue weighted by Gasteiger charge is 2.44. The molecule has 2 unspecified atom stereocenters. The molecule has 0 bridgehead atoms. The number of carbonyl (C=O) groups is 3. The molecule has 0 heterocycles. The van der Waals surface area contributed by atoms with Gasteiger partial charge in [-0.1, -0.05) is 70.4 Å². The zero-order valence-electron chi connectivity index (χ0n) is 26.5. The van der Waals surface area contributed by atoms with Crippen molar-refractivity contribution in [3.63, 3.8) is 0 Å². The minimum absolute atomic E-state index is 0.0440. The molecule has 1 aliphatic carbocycles. The van der Waals surface area contributed by atoms with Crippen molar-refractivity contribution in [2.24, 2.45) is 17.1 Å². The molecule has 1 aliphatic rings. The Morgan fingerprint density at radius 2 is 1.48 bits per heavy atom. The molecule has 0 aromatic heterocycles. The Hall–Kier alpha value is -3.05. The number of amides is 3. The maximum Gasteiger partial charge on any atom is 0.345 e. The Kier molecular flexibility index (Phi) is 12.4. The summed E-state index contributed by atoms with van der Waals surface area (Å²) in [4.78, 5) is 76.9. The summed E-state index contributed by atoms with van der Waals surface area (Å²) in [6, 6.07) is 8.36. The van der Waals surface area contributed by atoms with Crippen LogP contribution in [0.4, 0.5) is 0 Å². The van der Waals surface area contributed by atoms with Crippen molar-refractivity contribution >= 4 is 32.9 Å². The summed E-state index contributed by atoms with van der Waals surface area (Å²) >= 11 is 0. The maximum absolute atomic E-state index is 13.5. The first-order chi connectivity index (χ1) is 21.3. The molecule has 0 spiro atoms. The van der Waals surface area contributed by atoms with Gasteiger partial charge in [0.25, 0.3) is 5.91 Å². The lowest BCUT2D eigenvalue weighted by Gasteiger charge is -2.26. The second-order valence-corrected chi connectivity index (χ2v) is 16.7. The van der Waals surface area contributed by atoms with Gasteiger partial charge in [-0.15, -0.1) is 0 Å². The zero-order valence-corrected chi connectivity index (χ0v) is 28.3. The molecule has 2 aromatic rings. The van der Waals surface area contributed by atoms with Crippen molar-refractivity contribution in [3.8, 4) is 5.75 Å². The van der Waals surface area contributed by atoms with E-state index in [1.807, 2.05) is 0 Å². The zero-order chi connectivity index (χ0) is 34.4. The van der Waals surface area contributed by atoms with Crippen molar-refractivity contribution in [2.75, 3.05) is 6.61 Å². The van der Waals surface area contributed by atoms with Crippen molar-refractivity contribution in [1.82, 2.24) is 10.6 Å². The Balaban J connectivity index is 1.80. The molecule has 13 nitrogen and oxygen atoms in total. The van der Waals surface area contributed by atoms with Gasteiger partial charge in [0.1, 0.15) is 11.8 Å². The molecule has 1 fully saturated rings. The number of nitrogens with one attached hydrogen (secondary N) is 2. The van der Waals surface area contributed by atoms with Crippen LogP contribution in [0.15, 0.2) is 42.5 Å². The van der Waals surface area contributed by atoms with E-state index in [2.05, 4.69) is 10.6 Å². The Morgan fingerprint density at radius 1 is 0.913 bits per heavy atom. The van der Waals surface area contributed by atoms with Crippen LogP contribution in [0.1, 0.15) is 98.3 Å². The summed E-state index contributed by atoms with van der Waals surface area (Å²) in [5.74, 6) is -0.829. The third-order valence-electron chi connectivity index (χ3n) is 7.99. The second-order valence-electron chi connectivity index (χ2n) is 12.9. The largest absolute Gasteiger partial charge is 0.492 e. The summed E-state index contributed by atoms with van der Waals surface area (Å²) in [5, 5.41) is 3.27. The first-order valence-corrected chi connectivity index (χ1v) is 18.5. The number of nitrogens with two attached hydrogens (primary N) is 1. The van der Waals surface area contributed by atoms with E-state index in [-0.39, 0.29) is 17.5 Å². The van der Waals surface area contributed by atoms with Crippen LogP contribution in [-0.2, 0) is 25.1 Å². The van der Waals surface area contributed by atoms with Gasteiger partial charge in [-0.3, -0.25) is 23.5 Å². The quantitative estimate of drug-likeness (QED) is 0.150. The Bertz CT molecular complexity index is 1470. The highest BCUT2D eigenvalue weighted by atomic mass is 31.2. The molecule has 2 aromatic carbocycles. The highest BCUT2D eigenvalue weighted by molar-refractivity contribution is 7.70. The SMILES string of the molecule is CC(NC(=O)C(Cc1ccc(C(P(=O)(O)O)P(=O)(O)O)cc1)NC(=O)C(C)(C)C)c1ccc(OCC2CCCCC2)c(C(N)=O)c1. The van der Waals surface area contributed by atoms with Crippen molar-refractivity contribution in [1.29, 1.82) is 0 Å². The Labute approximate surface area is 269 Å². The average molecular weight is 682 g/mol. The van der Waals surface area contributed by atoms with E-state index in [9.17, 15) is 43.1 Å². The average Bonchev–Trinajstić information content (AvgIpc) is 2.95. The van der Waals surface area contributed by atoms with E-state index >= 15 is 0 Å². The molecule has 254 valence electrons. The number of benzene rings is 2. The van der Waals surface area contributed by atoms with E-state index in [0.717, 1.165) is 25.7 Å². The number of hydrogen-bond acceptors (Lipinski definition) is 6. The summed E-state index contributed by atoms with van der Waals surface area (Å²) in [6.07, 6.45) is 5.63. The number of ether oxygens (including phenoxy) is 1. The smallest absolute Gasteiger partial charge is 0.345 e. The van der Waals surface area contributed by atoms with Crippen LogP contribution < -0.4 is 21.1 Å². The van der Waals surface area contributed by atoms with E-state index in [1.165, 1.54) is 30.7 Å². The molecular weight excluding hydrogens is 636 g/mol. The van der Waals surface area contributed by atoms with Crippen LogP contribution in [0.5, 0.6) is 5.75 Å². The van der Waals surface area contributed by atoms with Crippen LogP contribution in [0.25, 0.3) is 0 Å². The third kappa shape index (κ3) is 10.5. The molecule has 3 amide bonds. The van der Waals surface area contributed by atoms with E-state index < -0.39 is 55.8 Å². The summed E-state index contributed by atoms with van der Waals surface area (Å²) in [5.41, 5.74) is 5.78. The number of carbonyl (C=O) groups excluding carboxylic acids is 3. The van der Waals surface area contributed by atoms with Crippen LogP contribution in [-0.4, -0.2) is 49.9 Å². The van der Waals surface area contributed by atoms with Crippen molar-refractivity contribution in [3.05, 3.63) is 64.7 Å². The van der Waals surface area contributed by atoms with Crippen LogP contribution in [0, 0.1) is 11.3 Å². The summed E-state index contributed by atoms with van der Waals surface area (Å²) in [7, 11) is -10.4. The van der Waals surface area contributed by atoms with E-state index in [0.29, 0.717) is 29.4 Å². The second kappa shape index (κ2) is 15.2. The lowest BCUT2D eigenvalue weighted by atomic mass is 9.90. The molecule has 2 atom stereocenters. The molecule has 0 aliphatic heterocycles. The van der Waals surface area contributed by atoms with Gasteiger partial charge >= 0.3 is 15.2 Å². The van der Waals surface area contributed by atoms with Gasteiger partial charge in [0.2, 0.25) is 11.8 Å². The maximum atomic E-state index is 13.5. The van der Waals surface area contributed by atoms with Gasteiger partial charge < -0.3 is 40.7 Å². The molecule has 0 saturated heterocycles. The third-order valence-corrected chi connectivity index (χ3v) is 11.7. The number of primary amides is 1. The fourth-order valence-corrected chi connectivity index (χ4v) is 8.01. The predicted molar refractivity (Wildman–Crippen MR) is 172 cm³/mol. The standard InChI is InChI=1S/C31H45N3O10P2/c1-19(23-14-15-26(24(17-23)27(32)35)44-18-21-8-6-5-7-9-21)33-28(36)25(34-30(37)31(2,3)4)16-20-10-12-22(13-11-20)29(45(38,39)40)46(41,42)43/h10-15,17,19,21,25,29H,5-9,16,18H2,1-4H3,(H2,32,35)(H,33,36)(H,34,37)(H2,38,39,40)(H2,41,42,43). The fraction of sp³-hybridized carbons (Fsp3) is 0.516. The van der Waals surface area contributed by atoms with Crippen LogP contribution in [0.3, 0.4) is 0 Å². The van der Waals surface area contributed by atoms with Crippen LogP contribution >= 0.6 is 15.2 Å². The predicted octanol–water partition coefficient (Wildman–Crippen LogP) is 4.05. The van der Waals surface area contributed by atoms with Crippen molar-refractivity contribution in [2.45, 2.75) is 83.7 Å². The van der Waals surface area contributed by atoms with Gasteiger partial charge in [-0.05, 0) is 54.5 Å². The van der Waals surface area contributed by atoms with Gasteiger partial charge in [0.15, 0.2) is 5.40 Å². The monoisotopic (exact) mass is 681 g/mol. The molecular formula is C31H45N3O10P2. The van der Waals surface area contributed by atoms with Gasteiger partial charge in [0, 0.05) is 11.8 Å². The molecule has 0 radical (unpaired) electrons. The summed E-state index contributed by atoms with van der Waals surface area (Å²) in [6.45, 7) is 7.25. The molecule has 15 heteroatoms. The van der Waals surface area contributed by atoms with Gasteiger partial charge in [0.05, 0.1) is 18.2 Å². The van der Waals surface area contributed by atoms with Gasteiger partial charge in [-0.2, -0.15) is 0 Å². The number of rotatable bonds is 13. The minimum atomic E-state index is -5.21. The topological polar surface area (TPSA) is 226 Å². The first-order valence-electron chi connectivity index (χ1n) is 15.1. The molecule has 1 saturated carbocycles. The van der Waals surface area contributed by atoms with Crippen molar-refractivity contribution < 1.29 is 47.8 Å². The fourth-order valence-electron chi connectivity index (χ4n) is 5.32. The normalized spacial score (nSPS) is 16.0. The molecule has 46 heavy (non-hydrogen) atoms. The number of hydrogen-bond donors (Lipinski definition) is 7. The summed E-state index contributed by atoms with van der Waals surface area (Å²) < 4.78 is 29.6. The van der Waals surface area contributed by atoms with Crippen LogP contribution in [0.2, 0.25) is 0 Å². The highest BCUT2D eigenvalue weighted by Crippen LogP contribution is 2.69. The van der Waals surface area contributed by atoms with E-state index in [4.69, 9.17) is 10.5 Å². The lowest BCUT2D eigenvalue weighted by molar-refractivity contribution is -0.133. The molecule has 3 rings (SSSR count). The van der Waals surface area contributed by atoms with Gasteiger partial charge in [-0.25, -0.2) is 0 Å². The molecule has 8 N–H and O–H groups in total.